The normalized spacial score (nSPS) is 18.5. The molecule has 2 fully saturated rings. The highest BCUT2D eigenvalue weighted by Crippen LogP contribution is 2.35. The molecule has 26 heavy (non-hydrogen) atoms. The van der Waals surface area contributed by atoms with Crippen molar-refractivity contribution in [3.8, 4) is 0 Å². The summed E-state index contributed by atoms with van der Waals surface area (Å²) in [5.74, 6) is -0.204. The summed E-state index contributed by atoms with van der Waals surface area (Å²) in [6, 6.07) is 5.66. The Hall–Kier alpha value is -2.37. The Morgan fingerprint density at radius 2 is 2.00 bits per heavy atom. The molecule has 0 bridgehead atoms. The molecule has 140 valence electrons. The molecule has 6 nitrogen and oxygen atoms in total. The van der Waals surface area contributed by atoms with Crippen LogP contribution in [-0.2, 0) is 16.0 Å². The van der Waals surface area contributed by atoms with Crippen LogP contribution in [0.15, 0.2) is 18.2 Å². The van der Waals surface area contributed by atoms with Crippen LogP contribution in [0.4, 0.5) is 10.5 Å². The molecule has 1 aliphatic carbocycles. The Balaban J connectivity index is 1.53. The number of urea groups is 1. The van der Waals surface area contributed by atoms with E-state index in [1.54, 1.807) is 0 Å². The fourth-order valence-corrected chi connectivity index (χ4v) is 4.00. The van der Waals surface area contributed by atoms with Gasteiger partial charge in [0.15, 0.2) is 0 Å². The summed E-state index contributed by atoms with van der Waals surface area (Å²) in [7, 11) is 0. The quantitative estimate of drug-likeness (QED) is 0.768. The second-order valence-electron chi connectivity index (χ2n) is 7.29. The average molecular weight is 357 g/mol. The zero-order valence-corrected chi connectivity index (χ0v) is 15.6. The highest BCUT2D eigenvalue weighted by atomic mass is 16.2. The predicted molar refractivity (Wildman–Crippen MR) is 99.9 cm³/mol. The maximum atomic E-state index is 12.6. The van der Waals surface area contributed by atoms with Crippen LogP contribution >= 0.6 is 0 Å². The number of para-hydroxylation sites is 1. The molecule has 1 spiro atoms. The molecule has 3 rings (SSSR count). The molecule has 0 atom stereocenters. The fraction of sp³-hybridized carbons (Fsp3) is 0.550. The van der Waals surface area contributed by atoms with E-state index in [0.717, 1.165) is 48.9 Å². The van der Waals surface area contributed by atoms with Crippen LogP contribution in [0.25, 0.3) is 0 Å². The van der Waals surface area contributed by atoms with E-state index < -0.39 is 5.54 Å². The number of hydrogen-bond donors (Lipinski definition) is 2. The van der Waals surface area contributed by atoms with E-state index in [4.69, 9.17) is 0 Å². The second kappa shape index (κ2) is 7.48. The highest BCUT2D eigenvalue weighted by Gasteiger charge is 2.51. The van der Waals surface area contributed by atoms with Crippen molar-refractivity contribution in [2.45, 2.75) is 64.3 Å². The van der Waals surface area contributed by atoms with Crippen molar-refractivity contribution in [1.82, 2.24) is 10.2 Å². The molecule has 1 saturated carbocycles. The molecule has 1 aliphatic heterocycles. The van der Waals surface area contributed by atoms with E-state index in [-0.39, 0.29) is 30.8 Å². The maximum absolute atomic E-state index is 12.6. The van der Waals surface area contributed by atoms with Gasteiger partial charge in [-0.15, -0.1) is 0 Å². The monoisotopic (exact) mass is 357 g/mol. The SMILES string of the molecule is CCc1cccc(C)c1NC(=O)CCCN1C(=O)NC2(CCCC2)C1=O. The average Bonchev–Trinajstić information content (AvgIpc) is 3.17. The number of imide groups is 1. The van der Waals surface area contributed by atoms with Crippen molar-refractivity contribution < 1.29 is 14.4 Å². The van der Waals surface area contributed by atoms with Gasteiger partial charge in [0.05, 0.1) is 0 Å². The van der Waals surface area contributed by atoms with Gasteiger partial charge in [-0.05, 0) is 43.7 Å². The highest BCUT2D eigenvalue weighted by molar-refractivity contribution is 6.07. The zero-order chi connectivity index (χ0) is 18.7. The molecule has 1 aromatic carbocycles. The molecule has 1 saturated heterocycles. The lowest BCUT2D eigenvalue weighted by molar-refractivity contribution is -0.131. The first-order chi connectivity index (χ1) is 12.5. The number of amides is 4. The minimum Gasteiger partial charge on any atom is -0.326 e. The van der Waals surface area contributed by atoms with Gasteiger partial charge in [0.25, 0.3) is 5.91 Å². The summed E-state index contributed by atoms with van der Waals surface area (Å²) in [5, 5.41) is 5.85. The van der Waals surface area contributed by atoms with Crippen LogP contribution in [0, 0.1) is 6.92 Å². The lowest BCUT2D eigenvalue weighted by Crippen LogP contribution is -2.44. The van der Waals surface area contributed by atoms with Crippen molar-refractivity contribution >= 4 is 23.5 Å². The molecule has 2 aliphatic rings. The van der Waals surface area contributed by atoms with E-state index in [1.807, 2.05) is 25.1 Å². The molecule has 4 amide bonds. The van der Waals surface area contributed by atoms with E-state index >= 15 is 0 Å². The van der Waals surface area contributed by atoms with Gasteiger partial charge in [-0.25, -0.2) is 4.79 Å². The minimum atomic E-state index is -0.670. The fourth-order valence-electron chi connectivity index (χ4n) is 4.00. The third-order valence-electron chi connectivity index (χ3n) is 5.49. The third kappa shape index (κ3) is 3.45. The lowest BCUT2D eigenvalue weighted by Gasteiger charge is -2.20. The van der Waals surface area contributed by atoms with Gasteiger partial charge in [0.2, 0.25) is 5.91 Å². The van der Waals surface area contributed by atoms with Crippen LogP contribution in [0.3, 0.4) is 0 Å². The van der Waals surface area contributed by atoms with Gasteiger partial charge in [-0.3, -0.25) is 14.5 Å². The number of carbonyl (C=O) groups excluding carboxylic acids is 3. The first kappa shape index (κ1) is 18.4. The van der Waals surface area contributed by atoms with E-state index in [9.17, 15) is 14.4 Å². The van der Waals surface area contributed by atoms with Crippen LogP contribution in [0.5, 0.6) is 0 Å². The predicted octanol–water partition coefficient (Wildman–Crippen LogP) is 3.14. The maximum Gasteiger partial charge on any atom is 0.325 e. The molecule has 0 radical (unpaired) electrons. The molecular formula is C20H27N3O3. The largest absolute Gasteiger partial charge is 0.326 e. The van der Waals surface area contributed by atoms with Gasteiger partial charge in [-0.1, -0.05) is 38.0 Å². The van der Waals surface area contributed by atoms with Crippen LogP contribution in [0.1, 0.15) is 56.6 Å². The number of hydrogen-bond acceptors (Lipinski definition) is 3. The Bertz CT molecular complexity index is 723. The van der Waals surface area contributed by atoms with E-state index in [2.05, 4.69) is 17.6 Å². The Labute approximate surface area is 154 Å². The topological polar surface area (TPSA) is 78.5 Å². The van der Waals surface area contributed by atoms with Gasteiger partial charge >= 0.3 is 6.03 Å². The molecule has 6 heteroatoms. The Kier molecular flexibility index (Phi) is 5.30. The van der Waals surface area contributed by atoms with Gasteiger partial charge in [-0.2, -0.15) is 0 Å². The first-order valence-electron chi connectivity index (χ1n) is 9.49. The standard InChI is InChI=1S/C20H27N3O3/c1-3-15-9-6-8-14(2)17(15)21-16(24)10-7-13-23-18(25)20(22-19(23)26)11-4-5-12-20/h6,8-9H,3-5,7,10-13H2,1-2H3,(H,21,24)(H,22,26). The second-order valence-corrected chi connectivity index (χ2v) is 7.29. The number of nitrogens with zero attached hydrogens (tertiary/aromatic N) is 1. The molecule has 0 unspecified atom stereocenters. The zero-order valence-electron chi connectivity index (χ0n) is 15.6. The number of aryl methyl sites for hydroxylation is 2. The van der Waals surface area contributed by atoms with Crippen molar-refractivity contribution in [3.05, 3.63) is 29.3 Å². The number of rotatable bonds is 6. The van der Waals surface area contributed by atoms with Crippen molar-refractivity contribution in [2.75, 3.05) is 11.9 Å². The third-order valence-corrected chi connectivity index (χ3v) is 5.49. The first-order valence-corrected chi connectivity index (χ1v) is 9.49. The van der Waals surface area contributed by atoms with Crippen LogP contribution in [0.2, 0.25) is 0 Å². The van der Waals surface area contributed by atoms with Gasteiger partial charge in [0, 0.05) is 18.7 Å². The molecular weight excluding hydrogens is 330 g/mol. The Morgan fingerprint density at radius 1 is 1.27 bits per heavy atom. The van der Waals surface area contributed by atoms with Crippen molar-refractivity contribution in [3.63, 3.8) is 0 Å². The van der Waals surface area contributed by atoms with Crippen LogP contribution in [-0.4, -0.2) is 34.8 Å². The summed E-state index contributed by atoms with van der Waals surface area (Å²) in [6.07, 6.45) is 4.98. The molecule has 2 N–H and O–H groups in total. The van der Waals surface area contributed by atoms with E-state index in [1.165, 1.54) is 4.90 Å². The Morgan fingerprint density at radius 3 is 2.69 bits per heavy atom. The molecule has 1 heterocycles. The number of anilines is 1. The molecule has 1 aromatic rings. The number of nitrogens with one attached hydrogen (secondary N) is 2. The summed E-state index contributed by atoms with van der Waals surface area (Å²) in [5.41, 5.74) is 2.35. The van der Waals surface area contributed by atoms with Crippen LogP contribution < -0.4 is 10.6 Å². The number of benzene rings is 1. The summed E-state index contributed by atoms with van der Waals surface area (Å²) >= 11 is 0. The van der Waals surface area contributed by atoms with Crippen molar-refractivity contribution in [2.24, 2.45) is 0 Å². The smallest absolute Gasteiger partial charge is 0.325 e. The van der Waals surface area contributed by atoms with Gasteiger partial charge < -0.3 is 10.6 Å². The summed E-state index contributed by atoms with van der Waals surface area (Å²) in [6.45, 7) is 4.32. The van der Waals surface area contributed by atoms with Crippen molar-refractivity contribution in [1.29, 1.82) is 0 Å². The van der Waals surface area contributed by atoms with Gasteiger partial charge in [0.1, 0.15) is 5.54 Å². The summed E-state index contributed by atoms with van der Waals surface area (Å²) < 4.78 is 0. The summed E-state index contributed by atoms with van der Waals surface area (Å²) in [4.78, 5) is 38.3. The molecule has 0 aromatic heterocycles. The lowest BCUT2D eigenvalue weighted by atomic mass is 9.98. The number of carbonyl (C=O) groups is 3. The van der Waals surface area contributed by atoms with E-state index in [0.29, 0.717) is 6.42 Å². The minimum absolute atomic E-state index is 0.0865.